The molecule has 0 saturated carbocycles. The van der Waals surface area contributed by atoms with E-state index in [4.69, 9.17) is 0 Å². The van der Waals surface area contributed by atoms with Gasteiger partial charge in [-0.1, -0.05) is 35.9 Å². The minimum atomic E-state index is -0.439. The first-order valence-electron chi connectivity index (χ1n) is 9.02. The van der Waals surface area contributed by atoms with Crippen molar-refractivity contribution in [2.24, 2.45) is 0 Å². The first-order valence-corrected chi connectivity index (χ1v) is 9.02. The Bertz CT molecular complexity index is 793. The lowest BCUT2D eigenvalue weighted by molar-refractivity contribution is 0.0743. The molecule has 5 heteroatoms. The van der Waals surface area contributed by atoms with E-state index in [2.05, 4.69) is 5.32 Å². The maximum absolute atomic E-state index is 14.6. The number of fused-ring (bicyclic) bond motifs is 2. The Kier molecular flexibility index (Phi) is 5.64. The lowest BCUT2D eigenvalue weighted by atomic mass is 10.0. The first kappa shape index (κ1) is 18.9. The normalized spacial score (nSPS) is 21.8. The summed E-state index contributed by atoms with van der Waals surface area (Å²) in [7, 11) is 0. The van der Waals surface area contributed by atoms with Gasteiger partial charge in [-0.25, -0.2) is 4.39 Å². The Labute approximate surface area is 160 Å². The van der Waals surface area contributed by atoms with E-state index in [1.165, 1.54) is 18.1 Å². The summed E-state index contributed by atoms with van der Waals surface area (Å²) in [5, 5.41) is 3.55. The van der Waals surface area contributed by atoms with Gasteiger partial charge in [-0.2, -0.15) is 0 Å². The number of rotatable bonds is 2. The smallest absolute Gasteiger partial charge is 0.256 e. The molecule has 3 nitrogen and oxygen atoms in total. The molecule has 2 heterocycles. The van der Waals surface area contributed by atoms with E-state index in [0.717, 1.165) is 24.0 Å². The second-order valence-electron chi connectivity index (χ2n) is 7.24. The van der Waals surface area contributed by atoms with Gasteiger partial charge in [0.15, 0.2) is 0 Å². The molecule has 2 aromatic rings. The lowest BCUT2D eigenvalue weighted by Gasteiger charge is -2.24. The summed E-state index contributed by atoms with van der Waals surface area (Å²) in [4.78, 5) is 14.6. The van der Waals surface area contributed by atoms with Crippen LogP contribution in [-0.4, -0.2) is 36.0 Å². The summed E-state index contributed by atoms with van der Waals surface area (Å²) in [5.74, 6) is -0.632. The van der Waals surface area contributed by atoms with E-state index in [0.29, 0.717) is 25.2 Å². The van der Waals surface area contributed by atoms with E-state index in [1.54, 1.807) is 11.0 Å². The number of halogens is 2. The molecule has 138 valence electrons. The molecule has 2 atom stereocenters. The number of carbonyl (C=O) groups excluding carboxylic acids is 1. The van der Waals surface area contributed by atoms with E-state index in [9.17, 15) is 9.18 Å². The van der Waals surface area contributed by atoms with Crippen molar-refractivity contribution in [2.45, 2.75) is 38.3 Å². The third-order valence-electron chi connectivity index (χ3n) is 5.39. The van der Waals surface area contributed by atoms with Crippen LogP contribution in [0.1, 0.15) is 35.2 Å². The highest BCUT2D eigenvalue weighted by Gasteiger charge is 2.32. The Hall–Kier alpha value is -1.91. The van der Waals surface area contributed by atoms with Gasteiger partial charge in [0.05, 0.1) is 5.56 Å². The molecule has 2 fully saturated rings. The highest BCUT2D eigenvalue weighted by Crippen LogP contribution is 2.25. The number of aryl methyl sites for hydroxylation is 1. The van der Waals surface area contributed by atoms with Crippen molar-refractivity contribution in [3.05, 3.63) is 59.4 Å². The van der Waals surface area contributed by atoms with Crippen LogP contribution in [0.25, 0.3) is 11.1 Å². The van der Waals surface area contributed by atoms with Crippen LogP contribution in [0, 0.1) is 12.7 Å². The molecule has 2 aromatic carbocycles. The summed E-state index contributed by atoms with van der Waals surface area (Å²) in [6, 6.07) is 13.8. The summed E-state index contributed by atoms with van der Waals surface area (Å²) in [6.45, 7) is 3.40. The maximum Gasteiger partial charge on any atom is 0.256 e. The molecule has 1 amide bonds. The quantitative estimate of drug-likeness (QED) is 0.854. The number of carbonyl (C=O) groups is 1. The highest BCUT2D eigenvalue weighted by atomic mass is 35.5. The fourth-order valence-corrected chi connectivity index (χ4v) is 3.91. The highest BCUT2D eigenvalue weighted by molar-refractivity contribution is 5.95. The zero-order valence-electron chi connectivity index (χ0n) is 14.9. The van der Waals surface area contributed by atoms with Gasteiger partial charge in [0.2, 0.25) is 0 Å². The third kappa shape index (κ3) is 3.76. The van der Waals surface area contributed by atoms with Crippen LogP contribution >= 0.6 is 12.4 Å². The molecule has 2 bridgehead atoms. The molecule has 0 spiro atoms. The zero-order chi connectivity index (χ0) is 17.4. The Morgan fingerprint density at radius 3 is 2.46 bits per heavy atom. The molecule has 0 aromatic heterocycles. The van der Waals surface area contributed by atoms with Gasteiger partial charge >= 0.3 is 0 Å². The van der Waals surface area contributed by atoms with Crippen LogP contribution in [0.2, 0.25) is 0 Å². The topological polar surface area (TPSA) is 32.3 Å². The molecule has 4 rings (SSSR count). The number of hydrogen-bond acceptors (Lipinski definition) is 2. The van der Waals surface area contributed by atoms with Crippen LogP contribution in [0.15, 0.2) is 42.5 Å². The number of benzene rings is 2. The van der Waals surface area contributed by atoms with Crippen molar-refractivity contribution < 1.29 is 9.18 Å². The van der Waals surface area contributed by atoms with Crippen molar-refractivity contribution in [3.8, 4) is 11.1 Å². The van der Waals surface area contributed by atoms with Crippen molar-refractivity contribution in [1.29, 1.82) is 0 Å². The monoisotopic (exact) mass is 374 g/mol. The number of hydrogen-bond donors (Lipinski definition) is 1. The van der Waals surface area contributed by atoms with Crippen LogP contribution in [0.5, 0.6) is 0 Å². The van der Waals surface area contributed by atoms with Crippen molar-refractivity contribution in [3.63, 3.8) is 0 Å². The van der Waals surface area contributed by atoms with Gasteiger partial charge in [-0.15, -0.1) is 12.4 Å². The molecule has 0 radical (unpaired) electrons. The molecule has 0 aliphatic carbocycles. The predicted octanol–water partition coefficient (Wildman–Crippen LogP) is 4.19. The van der Waals surface area contributed by atoms with Gasteiger partial charge in [0, 0.05) is 25.2 Å². The van der Waals surface area contributed by atoms with E-state index in [1.807, 2.05) is 37.3 Å². The molecular formula is C21H24ClFN2O. The average Bonchev–Trinajstić information content (AvgIpc) is 2.94. The Morgan fingerprint density at radius 2 is 1.73 bits per heavy atom. The molecule has 1 N–H and O–H groups in total. The van der Waals surface area contributed by atoms with Gasteiger partial charge < -0.3 is 10.2 Å². The maximum atomic E-state index is 14.6. The SMILES string of the molecule is Cc1ccc(-c2ccc(C(=O)N3CCC4CCC(C3)N4)c(F)c2)cc1.Cl. The van der Waals surface area contributed by atoms with Crippen LogP contribution in [-0.2, 0) is 0 Å². The fraction of sp³-hybridized carbons (Fsp3) is 0.381. The second-order valence-corrected chi connectivity index (χ2v) is 7.24. The molecule has 2 unspecified atom stereocenters. The average molecular weight is 375 g/mol. The van der Waals surface area contributed by atoms with E-state index in [-0.39, 0.29) is 23.9 Å². The van der Waals surface area contributed by atoms with E-state index < -0.39 is 5.82 Å². The first-order chi connectivity index (χ1) is 12.1. The van der Waals surface area contributed by atoms with Gasteiger partial charge in [0.1, 0.15) is 5.82 Å². The van der Waals surface area contributed by atoms with Gasteiger partial charge in [-0.3, -0.25) is 4.79 Å². The van der Waals surface area contributed by atoms with Crippen LogP contribution in [0.3, 0.4) is 0 Å². The van der Waals surface area contributed by atoms with Crippen LogP contribution < -0.4 is 5.32 Å². The third-order valence-corrected chi connectivity index (χ3v) is 5.39. The van der Waals surface area contributed by atoms with Crippen molar-refractivity contribution in [2.75, 3.05) is 13.1 Å². The largest absolute Gasteiger partial charge is 0.337 e. The number of nitrogens with zero attached hydrogens (tertiary/aromatic N) is 1. The summed E-state index contributed by atoms with van der Waals surface area (Å²) in [6.07, 6.45) is 3.24. The summed E-state index contributed by atoms with van der Waals surface area (Å²) < 4.78 is 14.6. The van der Waals surface area contributed by atoms with Gasteiger partial charge in [0.25, 0.3) is 5.91 Å². The molecule has 2 saturated heterocycles. The molecular weight excluding hydrogens is 351 g/mol. The number of amides is 1. The minimum absolute atomic E-state index is 0. The van der Waals surface area contributed by atoms with Crippen molar-refractivity contribution in [1.82, 2.24) is 10.2 Å². The number of nitrogens with one attached hydrogen (secondary N) is 1. The molecule has 2 aliphatic heterocycles. The Balaban J connectivity index is 0.00000196. The fourth-order valence-electron chi connectivity index (χ4n) is 3.91. The second kappa shape index (κ2) is 7.77. The number of likely N-dealkylation sites (tertiary alicyclic amines) is 1. The van der Waals surface area contributed by atoms with E-state index >= 15 is 0 Å². The predicted molar refractivity (Wildman–Crippen MR) is 104 cm³/mol. The zero-order valence-corrected chi connectivity index (χ0v) is 15.7. The van der Waals surface area contributed by atoms with Crippen molar-refractivity contribution >= 4 is 18.3 Å². The Morgan fingerprint density at radius 1 is 1.04 bits per heavy atom. The minimum Gasteiger partial charge on any atom is -0.337 e. The van der Waals surface area contributed by atoms with Gasteiger partial charge in [-0.05, 0) is 49.4 Å². The van der Waals surface area contributed by atoms with Crippen LogP contribution in [0.4, 0.5) is 4.39 Å². The molecule has 2 aliphatic rings. The summed E-state index contributed by atoms with van der Waals surface area (Å²) >= 11 is 0. The summed E-state index contributed by atoms with van der Waals surface area (Å²) in [5.41, 5.74) is 3.10. The lowest BCUT2D eigenvalue weighted by Crippen LogP contribution is -2.39. The standard InChI is InChI=1S/C21H23FN2O.ClH/c1-14-2-4-15(5-3-14)16-6-9-19(20(22)12-16)21(25)24-11-10-17-7-8-18(13-24)23-17;/h2-6,9,12,17-18,23H,7-8,10-11,13H2,1H3;1H. The molecule has 26 heavy (non-hydrogen) atoms.